The van der Waals surface area contributed by atoms with Crippen molar-refractivity contribution in [2.75, 3.05) is 20.1 Å². The van der Waals surface area contributed by atoms with Crippen LogP contribution in [-0.2, 0) is 11.2 Å². The fourth-order valence-electron chi connectivity index (χ4n) is 3.74. The van der Waals surface area contributed by atoms with Gasteiger partial charge in [-0.3, -0.25) is 9.79 Å². The topological polar surface area (TPSA) is 70.7 Å². The summed E-state index contributed by atoms with van der Waals surface area (Å²) >= 11 is 0. The molecule has 24 heavy (non-hydrogen) atoms. The second-order valence-electron chi connectivity index (χ2n) is 7.11. The smallest absolute Gasteiger partial charge is 0.217 e. The number of nitrogens with zero attached hydrogens (tertiary/aromatic N) is 2. The molecule has 2 aliphatic rings. The van der Waals surface area contributed by atoms with Crippen LogP contribution in [0.25, 0.3) is 0 Å². The highest BCUT2D eigenvalue weighted by Crippen LogP contribution is 2.34. The number of primary amides is 1. The maximum Gasteiger partial charge on any atom is 0.217 e. The Hall–Kier alpha value is -2.04. The molecule has 1 aliphatic carbocycles. The van der Waals surface area contributed by atoms with Crippen molar-refractivity contribution in [3.05, 3.63) is 35.9 Å². The molecule has 0 bridgehead atoms. The number of amides is 1. The van der Waals surface area contributed by atoms with Gasteiger partial charge >= 0.3 is 0 Å². The van der Waals surface area contributed by atoms with Crippen LogP contribution in [0.2, 0.25) is 0 Å². The molecule has 130 valence electrons. The molecule has 1 saturated heterocycles. The van der Waals surface area contributed by atoms with Crippen LogP contribution in [0.4, 0.5) is 0 Å². The van der Waals surface area contributed by atoms with Crippen molar-refractivity contribution in [3.63, 3.8) is 0 Å². The van der Waals surface area contributed by atoms with Gasteiger partial charge in [0.05, 0.1) is 0 Å². The SMILES string of the molecule is CN=C(NC1CC1Cc1ccccc1)N1CCCC(CC(N)=O)C1. The highest BCUT2D eigenvalue weighted by Gasteiger charge is 2.38. The molecule has 2 fully saturated rings. The van der Waals surface area contributed by atoms with Crippen molar-refractivity contribution in [1.82, 2.24) is 10.2 Å². The number of rotatable bonds is 5. The molecule has 0 radical (unpaired) electrons. The molecule has 3 atom stereocenters. The fraction of sp³-hybridized carbons (Fsp3) is 0.579. The predicted octanol–water partition coefficient (Wildman–Crippen LogP) is 1.78. The predicted molar refractivity (Wildman–Crippen MR) is 96.6 cm³/mol. The number of guanidine groups is 1. The number of likely N-dealkylation sites (tertiary alicyclic amines) is 1. The van der Waals surface area contributed by atoms with Crippen molar-refractivity contribution in [2.24, 2.45) is 22.6 Å². The first-order valence-corrected chi connectivity index (χ1v) is 8.96. The number of piperidine rings is 1. The molecule has 1 aromatic carbocycles. The van der Waals surface area contributed by atoms with Gasteiger partial charge in [-0.25, -0.2) is 0 Å². The number of hydrogen-bond acceptors (Lipinski definition) is 2. The first kappa shape index (κ1) is 16.8. The van der Waals surface area contributed by atoms with Crippen LogP contribution in [0.1, 0.15) is 31.2 Å². The molecule has 1 aliphatic heterocycles. The zero-order chi connectivity index (χ0) is 16.9. The molecule has 1 saturated carbocycles. The zero-order valence-electron chi connectivity index (χ0n) is 14.4. The summed E-state index contributed by atoms with van der Waals surface area (Å²) in [6.45, 7) is 1.88. The molecule has 3 rings (SSSR count). The maximum atomic E-state index is 11.2. The van der Waals surface area contributed by atoms with E-state index in [1.165, 1.54) is 12.0 Å². The van der Waals surface area contributed by atoms with Crippen LogP contribution in [0, 0.1) is 11.8 Å². The minimum absolute atomic E-state index is 0.199. The van der Waals surface area contributed by atoms with Gasteiger partial charge in [-0.1, -0.05) is 30.3 Å². The summed E-state index contributed by atoms with van der Waals surface area (Å²) in [6.07, 6.45) is 4.98. The molecule has 0 aromatic heterocycles. The summed E-state index contributed by atoms with van der Waals surface area (Å²) in [7, 11) is 1.84. The summed E-state index contributed by atoms with van der Waals surface area (Å²) in [4.78, 5) is 17.9. The van der Waals surface area contributed by atoms with Crippen LogP contribution < -0.4 is 11.1 Å². The van der Waals surface area contributed by atoms with E-state index >= 15 is 0 Å². The molecule has 5 nitrogen and oxygen atoms in total. The van der Waals surface area contributed by atoms with Crippen LogP contribution >= 0.6 is 0 Å². The summed E-state index contributed by atoms with van der Waals surface area (Å²) in [5.41, 5.74) is 6.76. The van der Waals surface area contributed by atoms with E-state index in [1.54, 1.807) is 0 Å². The Morgan fingerprint density at radius 2 is 2.17 bits per heavy atom. The minimum Gasteiger partial charge on any atom is -0.370 e. The lowest BCUT2D eigenvalue weighted by Crippen LogP contribution is -2.48. The molecule has 5 heteroatoms. The lowest BCUT2D eigenvalue weighted by molar-refractivity contribution is -0.119. The van der Waals surface area contributed by atoms with Crippen LogP contribution in [0.5, 0.6) is 0 Å². The third kappa shape index (κ3) is 4.49. The summed E-state index contributed by atoms with van der Waals surface area (Å²) in [5, 5.41) is 3.61. The van der Waals surface area contributed by atoms with Gasteiger partial charge in [0.2, 0.25) is 5.91 Å². The van der Waals surface area contributed by atoms with Gasteiger partial charge in [0, 0.05) is 32.6 Å². The van der Waals surface area contributed by atoms with Crippen LogP contribution in [0.3, 0.4) is 0 Å². The number of benzene rings is 1. The number of hydrogen-bond donors (Lipinski definition) is 2. The number of carbonyl (C=O) groups excluding carboxylic acids is 1. The highest BCUT2D eigenvalue weighted by molar-refractivity contribution is 5.81. The average Bonchev–Trinajstić information content (AvgIpc) is 3.30. The van der Waals surface area contributed by atoms with E-state index in [0.29, 0.717) is 24.3 Å². The van der Waals surface area contributed by atoms with E-state index < -0.39 is 0 Å². The van der Waals surface area contributed by atoms with E-state index in [0.717, 1.165) is 38.3 Å². The fourth-order valence-corrected chi connectivity index (χ4v) is 3.74. The summed E-state index contributed by atoms with van der Waals surface area (Å²) in [5.74, 6) is 1.82. The van der Waals surface area contributed by atoms with Gasteiger partial charge in [-0.2, -0.15) is 0 Å². The van der Waals surface area contributed by atoms with Crippen molar-refractivity contribution in [1.29, 1.82) is 0 Å². The maximum absolute atomic E-state index is 11.2. The van der Waals surface area contributed by atoms with Crippen LogP contribution in [0.15, 0.2) is 35.3 Å². The lowest BCUT2D eigenvalue weighted by atomic mass is 9.95. The number of carbonyl (C=O) groups is 1. The van der Waals surface area contributed by atoms with Crippen molar-refractivity contribution < 1.29 is 4.79 Å². The monoisotopic (exact) mass is 328 g/mol. The second-order valence-corrected chi connectivity index (χ2v) is 7.11. The van der Waals surface area contributed by atoms with Crippen molar-refractivity contribution in [2.45, 2.75) is 38.1 Å². The minimum atomic E-state index is -0.199. The quantitative estimate of drug-likeness (QED) is 0.639. The zero-order valence-corrected chi connectivity index (χ0v) is 14.4. The Labute approximate surface area is 144 Å². The molecule has 0 spiro atoms. The lowest BCUT2D eigenvalue weighted by Gasteiger charge is -2.34. The first-order valence-electron chi connectivity index (χ1n) is 8.96. The van der Waals surface area contributed by atoms with Crippen molar-refractivity contribution >= 4 is 11.9 Å². The van der Waals surface area contributed by atoms with Crippen molar-refractivity contribution in [3.8, 4) is 0 Å². The average molecular weight is 328 g/mol. The summed E-state index contributed by atoms with van der Waals surface area (Å²) < 4.78 is 0. The van der Waals surface area contributed by atoms with E-state index in [9.17, 15) is 4.79 Å². The molecule has 3 N–H and O–H groups in total. The standard InChI is InChI=1S/C19H28N4O/c1-21-19(23-9-5-8-15(13-23)11-18(20)24)22-17-12-16(17)10-14-6-3-2-4-7-14/h2-4,6-7,15-17H,5,8-13H2,1H3,(H2,20,24)(H,21,22). The van der Waals surface area contributed by atoms with E-state index in [-0.39, 0.29) is 5.91 Å². The Balaban J connectivity index is 1.50. The van der Waals surface area contributed by atoms with Crippen LogP contribution in [-0.4, -0.2) is 42.9 Å². The normalized spacial score (nSPS) is 27.0. The molecule has 3 unspecified atom stereocenters. The van der Waals surface area contributed by atoms with E-state index in [1.807, 2.05) is 7.05 Å². The molecule has 1 heterocycles. The number of nitrogens with two attached hydrogens (primary N) is 1. The Kier molecular flexibility index (Phi) is 5.38. The molecular weight excluding hydrogens is 300 g/mol. The number of aliphatic imine (C=N–C) groups is 1. The Bertz CT molecular complexity index is 586. The van der Waals surface area contributed by atoms with Gasteiger partial charge in [-0.15, -0.1) is 0 Å². The molecule has 1 amide bonds. The first-order chi connectivity index (χ1) is 11.7. The Morgan fingerprint density at radius 3 is 2.88 bits per heavy atom. The second kappa shape index (κ2) is 7.69. The van der Waals surface area contributed by atoms with E-state index in [4.69, 9.17) is 5.73 Å². The van der Waals surface area contributed by atoms with Gasteiger partial charge in [0.15, 0.2) is 5.96 Å². The highest BCUT2D eigenvalue weighted by atomic mass is 16.1. The van der Waals surface area contributed by atoms with Gasteiger partial charge in [0.25, 0.3) is 0 Å². The number of nitrogens with one attached hydrogen (secondary N) is 1. The van der Waals surface area contributed by atoms with Gasteiger partial charge < -0.3 is 16.0 Å². The molecular formula is C19H28N4O. The van der Waals surface area contributed by atoms with E-state index in [2.05, 4.69) is 45.5 Å². The van der Waals surface area contributed by atoms with Gasteiger partial charge in [0.1, 0.15) is 0 Å². The largest absolute Gasteiger partial charge is 0.370 e. The third-order valence-electron chi connectivity index (χ3n) is 5.10. The Morgan fingerprint density at radius 1 is 1.38 bits per heavy atom. The third-order valence-corrected chi connectivity index (χ3v) is 5.10. The van der Waals surface area contributed by atoms with Gasteiger partial charge in [-0.05, 0) is 43.1 Å². The summed E-state index contributed by atoms with van der Waals surface area (Å²) in [6, 6.07) is 11.2. The molecule has 1 aromatic rings.